The lowest BCUT2D eigenvalue weighted by Crippen LogP contribution is -2.47. The molecule has 8 heteroatoms. The van der Waals surface area contributed by atoms with Gasteiger partial charge in [0.25, 0.3) is 5.91 Å². The van der Waals surface area contributed by atoms with Gasteiger partial charge in [0.1, 0.15) is 5.03 Å². The van der Waals surface area contributed by atoms with Gasteiger partial charge < -0.3 is 0 Å². The summed E-state index contributed by atoms with van der Waals surface area (Å²) in [6.45, 7) is 5.07. The van der Waals surface area contributed by atoms with Crippen LogP contribution < -0.4 is 0 Å². The van der Waals surface area contributed by atoms with Crippen molar-refractivity contribution in [3.05, 3.63) is 116 Å². The third-order valence-corrected chi connectivity index (χ3v) is 7.95. The van der Waals surface area contributed by atoms with Crippen LogP contribution in [0, 0.1) is 5.92 Å². The number of likely N-dealkylation sites (tertiary alicyclic amines) is 1. The lowest BCUT2D eigenvalue weighted by Gasteiger charge is -2.43. The molecule has 1 fully saturated rings. The fourth-order valence-electron chi connectivity index (χ4n) is 4.68. The largest absolute Gasteiger partial charge is 0.298 e. The van der Waals surface area contributed by atoms with Gasteiger partial charge in [0.05, 0.1) is 6.04 Å². The van der Waals surface area contributed by atoms with Crippen molar-refractivity contribution in [3.63, 3.8) is 0 Å². The number of benzene rings is 3. The third kappa shape index (κ3) is 6.44. The van der Waals surface area contributed by atoms with Crippen LogP contribution in [-0.4, -0.2) is 50.0 Å². The number of hydrogen-bond acceptors (Lipinski definition) is 4. The maximum Gasteiger partial charge on any atom is 0.258 e. The van der Waals surface area contributed by atoms with Crippen LogP contribution in [0.15, 0.2) is 89.5 Å². The highest BCUT2D eigenvalue weighted by molar-refractivity contribution is 7.94. The number of rotatable bonds is 8. The van der Waals surface area contributed by atoms with Crippen LogP contribution in [-0.2, 0) is 9.84 Å². The molecular weight excluding hydrogens is 527 g/mol. The standard InChI is InChI=1S/C29H30Cl2N2O3S/c1-20(2)17-33(28(34)23-7-5-4-6-8-23)29(37(3,35)36)24-18-32(19-24)27(21-9-13-25(30)14-10-21)22-11-15-26(31)16-12-22/h4-16,20,27H,17-19H2,1-3H3. The molecule has 0 unspecified atom stereocenters. The zero-order chi connectivity index (χ0) is 26.7. The topological polar surface area (TPSA) is 57.7 Å². The first kappa shape index (κ1) is 27.4. The van der Waals surface area contributed by atoms with Gasteiger partial charge in [-0.05, 0) is 59.0 Å². The molecule has 0 aromatic heterocycles. The second kappa shape index (κ2) is 11.4. The smallest absolute Gasteiger partial charge is 0.258 e. The van der Waals surface area contributed by atoms with Gasteiger partial charge >= 0.3 is 0 Å². The highest BCUT2D eigenvalue weighted by Crippen LogP contribution is 2.37. The Balaban J connectivity index is 1.73. The van der Waals surface area contributed by atoms with Crippen LogP contribution in [0.3, 0.4) is 0 Å². The molecule has 0 saturated carbocycles. The third-order valence-electron chi connectivity index (χ3n) is 6.24. The van der Waals surface area contributed by atoms with E-state index >= 15 is 0 Å². The van der Waals surface area contributed by atoms with Gasteiger partial charge in [-0.25, -0.2) is 8.42 Å². The number of amides is 1. The molecule has 0 radical (unpaired) electrons. The van der Waals surface area contributed by atoms with Crippen LogP contribution in [0.5, 0.6) is 0 Å². The summed E-state index contributed by atoms with van der Waals surface area (Å²) in [4.78, 5) is 17.2. The lowest BCUT2D eigenvalue weighted by molar-refractivity contribution is 0.0793. The van der Waals surface area contributed by atoms with Crippen molar-refractivity contribution in [1.82, 2.24) is 9.80 Å². The Bertz CT molecular complexity index is 1330. The molecule has 0 N–H and O–H groups in total. The molecule has 1 saturated heterocycles. The maximum absolute atomic E-state index is 13.5. The van der Waals surface area contributed by atoms with Gasteiger partial charge in [-0.2, -0.15) is 0 Å². The van der Waals surface area contributed by atoms with E-state index in [4.69, 9.17) is 23.2 Å². The maximum atomic E-state index is 13.5. The summed E-state index contributed by atoms with van der Waals surface area (Å²) in [6, 6.07) is 24.0. The molecule has 37 heavy (non-hydrogen) atoms. The molecule has 1 aliphatic heterocycles. The van der Waals surface area contributed by atoms with Gasteiger partial charge in [-0.1, -0.05) is 79.5 Å². The van der Waals surface area contributed by atoms with E-state index in [0.29, 0.717) is 35.2 Å². The minimum absolute atomic E-state index is 0.0806. The van der Waals surface area contributed by atoms with Crippen molar-refractivity contribution < 1.29 is 13.2 Å². The quantitative estimate of drug-likeness (QED) is 0.319. The monoisotopic (exact) mass is 556 g/mol. The summed E-state index contributed by atoms with van der Waals surface area (Å²) in [6.07, 6.45) is 1.18. The summed E-state index contributed by atoms with van der Waals surface area (Å²) in [5.41, 5.74) is 3.25. The van der Waals surface area contributed by atoms with Crippen LogP contribution >= 0.6 is 23.2 Å². The molecule has 0 aliphatic carbocycles. The van der Waals surface area contributed by atoms with Gasteiger partial charge in [-0.3, -0.25) is 14.6 Å². The molecule has 1 aliphatic rings. The van der Waals surface area contributed by atoms with Crippen molar-refractivity contribution in [2.45, 2.75) is 19.9 Å². The van der Waals surface area contributed by atoms with Crippen LogP contribution in [0.1, 0.15) is 41.4 Å². The zero-order valence-electron chi connectivity index (χ0n) is 21.1. The summed E-state index contributed by atoms with van der Waals surface area (Å²) in [5, 5.41) is 1.40. The molecule has 1 amide bonds. The van der Waals surface area contributed by atoms with Crippen molar-refractivity contribution >= 4 is 38.9 Å². The predicted octanol–water partition coefficient (Wildman–Crippen LogP) is 6.45. The van der Waals surface area contributed by atoms with Crippen LogP contribution in [0.25, 0.3) is 0 Å². The minimum atomic E-state index is -3.69. The Morgan fingerprint density at radius 1 is 0.865 bits per heavy atom. The van der Waals surface area contributed by atoms with Crippen LogP contribution in [0.2, 0.25) is 10.0 Å². The normalized spacial score (nSPS) is 14.1. The second-order valence-corrected chi connectivity index (χ2v) is 12.6. The first-order chi connectivity index (χ1) is 17.5. The van der Waals surface area contributed by atoms with E-state index < -0.39 is 9.84 Å². The summed E-state index contributed by atoms with van der Waals surface area (Å²) in [5.74, 6) is -0.232. The van der Waals surface area contributed by atoms with Crippen molar-refractivity contribution in [2.75, 3.05) is 25.9 Å². The van der Waals surface area contributed by atoms with Crippen molar-refractivity contribution in [3.8, 4) is 0 Å². The minimum Gasteiger partial charge on any atom is -0.298 e. The summed E-state index contributed by atoms with van der Waals surface area (Å²) in [7, 11) is -3.69. The molecule has 3 aromatic rings. The molecule has 1 heterocycles. The number of carbonyl (C=O) groups is 1. The van der Waals surface area contributed by atoms with Gasteiger partial charge in [-0.15, -0.1) is 0 Å². The Morgan fingerprint density at radius 2 is 1.35 bits per heavy atom. The van der Waals surface area contributed by atoms with E-state index in [-0.39, 0.29) is 22.9 Å². The van der Waals surface area contributed by atoms with E-state index in [0.717, 1.165) is 16.7 Å². The lowest BCUT2D eigenvalue weighted by atomic mass is 9.93. The zero-order valence-corrected chi connectivity index (χ0v) is 23.4. The second-order valence-electron chi connectivity index (χ2n) is 9.77. The van der Waals surface area contributed by atoms with Gasteiger partial charge in [0, 0.05) is 41.5 Å². The fourth-order valence-corrected chi connectivity index (χ4v) is 6.14. The number of hydrogen-bond donors (Lipinski definition) is 0. The first-order valence-electron chi connectivity index (χ1n) is 12.1. The average molecular weight is 558 g/mol. The molecule has 5 nitrogen and oxygen atoms in total. The molecule has 0 bridgehead atoms. The van der Waals surface area contributed by atoms with Gasteiger partial charge in [0.2, 0.25) is 0 Å². The van der Waals surface area contributed by atoms with Crippen molar-refractivity contribution in [2.24, 2.45) is 5.92 Å². The van der Waals surface area contributed by atoms with Crippen molar-refractivity contribution in [1.29, 1.82) is 0 Å². The van der Waals surface area contributed by atoms with E-state index in [1.165, 1.54) is 11.2 Å². The number of halogens is 2. The Labute approximate surface area is 229 Å². The summed E-state index contributed by atoms with van der Waals surface area (Å²) >= 11 is 12.3. The first-order valence-corrected chi connectivity index (χ1v) is 14.7. The van der Waals surface area contributed by atoms with Crippen LogP contribution in [0.4, 0.5) is 0 Å². The fraction of sp³-hybridized carbons (Fsp3) is 0.276. The van der Waals surface area contributed by atoms with E-state index in [1.807, 2.05) is 68.4 Å². The average Bonchev–Trinajstić information content (AvgIpc) is 2.83. The molecular formula is C29H30Cl2N2O3S. The molecule has 3 aromatic carbocycles. The number of carbonyl (C=O) groups excluding carboxylic acids is 1. The molecule has 0 spiro atoms. The van der Waals surface area contributed by atoms with Gasteiger partial charge in [0.15, 0.2) is 9.84 Å². The molecule has 0 atom stereocenters. The Hall–Kier alpha value is -2.64. The number of nitrogens with zero attached hydrogens (tertiary/aromatic N) is 2. The highest BCUT2D eigenvalue weighted by Gasteiger charge is 2.38. The van der Waals surface area contributed by atoms with E-state index in [2.05, 4.69) is 4.90 Å². The summed E-state index contributed by atoms with van der Waals surface area (Å²) < 4.78 is 26.2. The Morgan fingerprint density at radius 3 is 1.78 bits per heavy atom. The number of sulfone groups is 1. The predicted molar refractivity (Wildman–Crippen MR) is 151 cm³/mol. The molecule has 4 rings (SSSR count). The molecule has 194 valence electrons. The Kier molecular flexibility index (Phi) is 8.44. The van der Waals surface area contributed by atoms with E-state index in [1.54, 1.807) is 24.3 Å². The SMILES string of the molecule is CC(C)CN(C(=O)c1ccccc1)C(=C1CN(C(c2ccc(Cl)cc2)c2ccc(Cl)cc2)C1)S(C)(=O)=O. The highest BCUT2D eigenvalue weighted by atomic mass is 35.5. The van der Waals surface area contributed by atoms with E-state index in [9.17, 15) is 13.2 Å².